The minimum atomic E-state index is -0.191. The molecule has 1 saturated heterocycles. The van der Waals surface area contributed by atoms with E-state index in [9.17, 15) is 4.79 Å². The Kier molecular flexibility index (Phi) is 7.34. The number of esters is 1. The summed E-state index contributed by atoms with van der Waals surface area (Å²) in [5.74, 6) is -0.142. The predicted octanol–water partition coefficient (Wildman–Crippen LogP) is 0.554. The van der Waals surface area contributed by atoms with Crippen molar-refractivity contribution in [3.8, 4) is 0 Å². The molecule has 1 aliphatic rings. The van der Waals surface area contributed by atoms with Crippen molar-refractivity contribution in [2.24, 2.45) is 0 Å². The van der Waals surface area contributed by atoms with Crippen molar-refractivity contribution in [3.63, 3.8) is 0 Å². The van der Waals surface area contributed by atoms with Gasteiger partial charge in [-0.2, -0.15) is 0 Å². The largest absolute Gasteiger partial charge is 0.465 e. The molecule has 1 rings (SSSR count). The van der Waals surface area contributed by atoms with Gasteiger partial charge in [0.25, 0.3) is 0 Å². The van der Waals surface area contributed by atoms with Crippen LogP contribution in [0.4, 0.5) is 0 Å². The van der Waals surface area contributed by atoms with E-state index in [1.54, 1.807) is 0 Å². The normalized spacial score (nSPS) is 21.8. The molecule has 0 aromatic heterocycles. The first-order chi connectivity index (χ1) is 9.08. The second-order valence-corrected chi connectivity index (χ2v) is 5.42. The van der Waals surface area contributed by atoms with Gasteiger partial charge in [0, 0.05) is 12.6 Å². The minimum Gasteiger partial charge on any atom is -0.465 e. The zero-order chi connectivity index (χ0) is 14.3. The molecule has 0 spiro atoms. The maximum Gasteiger partial charge on any atom is 0.323 e. The number of likely N-dealkylation sites (N-methyl/N-ethyl adjacent to an activating group) is 3. The van der Waals surface area contributed by atoms with Gasteiger partial charge in [0.15, 0.2) is 0 Å². The average molecular weight is 271 g/mol. The molecule has 5 nitrogen and oxygen atoms in total. The van der Waals surface area contributed by atoms with E-state index in [1.165, 1.54) is 19.4 Å². The number of hydrogen-bond donors (Lipinski definition) is 1. The Balaban J connectivity index is 2.27. The molecule has 0 aromatic carbocycles. The van der Waals surface area contributed by atoms with Gasteiger partial charge in [-0.25, -0.2) is 0 Å². The zero-order valence-electron chi connectivity index (χ0n) is 12.8. The summed E-state index contributed by atoms with van der Waals surface area (Å²) in [6, 6.07) is 0.476. The molecular weight excluding hydrogens is 242 g/mol. The Morgan fingerprint density at radius 3 is 2.84 bits per heavy atom. The number of ether oxygens (including phenoxy) is 1. The Morgan fingerprint density at radius 2 is 2.32 bits per heavy atom. The van der Waals surface area contributed by atoms with Gasteiger partial charge in [0.05, 0.1) is 6.61 Å². The maximum absolute atomic E-state index is 11.7. The molecule has 0 radical (unpaired) electrons. The van der Waals surface area contributed by atoms with Gasteiger partial charge in [0.2, 0.25) is 0 Å². The minimum absolute atomic E-state index is 0.142. The molecule has 1 N–H and O–H groups in total. The lowest BCUT2D eigenvalue weighted by molar-refractivity contribution is -0.145. The summed E-state index contributed by atoms with van der Waals surface area (Å²) in [4.78, 5) is 16.4. The molecule has 1 fully saturated rings. The van der Waals surface area contributed by atoms with E-state index in [0.29, 0.717) is 12.6 Å². The van der Waals surface area contributed by atoms with Gasteiger partial charge >= 0.3 is 5.97 Å². The standard InChI is InChI=1S/C14H29N3O2/c1-5-19-14(18)13(15-2)8-10-16(3)11-12-7-6-9-17(12)4/h12-13,15H,5-11H2,1-4H3. The molecule has 0 aliphatic carbocycles. The van der Waals surface area contributed by atoms with Crippen LogP contribution < -0.4 is 5.32 Å². The van der Waals surface area contributed by atoms with Crippen LogP contribution in [0.3, 0.4) is 0 Å². The number of nitrogens with one attached hydrogen (secondary N) is 1. The fourth-order valence-corrected chi connectivity index (χ4v) is 2.63. The quantitative estimate of drug-likeness (QED) is 0.653. The molecule has 19 heavy (non-hydrogen) atoms. The number of carbonyl (C=O) groups excluding carboxylic acids is 1. The van der Waals surface area contributed by atoms with E-state index in [1.807, 2.05) is 14.0 Å². The fourth-order valence-electron chi connectivity index (χ4n) is 2.63. The third kappa shape index (κ3) is 5.47. The van der Waals surface area contributed by atoms with E-state index >= 15 is 0 Å². The van der Waals surface area contributed by atoms with Gasteiger partial charge < -0.3 is 19.9 Å². The molecule has 1 aliphatic heterocycles. The summed E-state index contributed by atoms with van der Waals surface area (Å²) in [6.07, 6.45) is 3.38. The third-order valence-electron chi connectivity index (χ3n) is 3.91. The molecule has 0 amide bonds. The molecule has 0 bridgehead atoms. The van der Waals surface area contributed by atoms with Crippen molar-refractivity contribution in [3.05, 3.63) is 0 Å². The van der Waals surface area contributed by atoms with Crippen molar-refractivity contribution in [2.45, 2.75) is 38.3 Å². The van der Waals surface area contributed by atoms with Crippen LogP contribution in [-0.2, 0) is 9.53 Å². The molecule has 5 heteroatoms. The Morgan fingerprint density at radius 1 is 1.58 bits per heavy atom. The van der Waals surface area contributed by atoms with E-state index in [4.69, 9.17) is 4.74 Å². The highest BCUT2D eigenvalue weighted by Gasteiger charge is 2.23. The van der Waals surface area contributed by atoms with Gasteiger partial charge in [0.1, 0.15) is 6.04 Å². The van der Waals surface area contributed by atoms with Crippen LogP contribution in [0.15, 0.2) is 0 Å². The Labute approximate surface area is 117 Å². The number of likely N-dealkylation sites (tertiary alicyclic amines) is 1. The van der Waals surface area contributed by atoms with E-state index in [0.717, 1.165) is 19.5 Å². The summed E-state index contributed by atoms with van der Waals surface area (Å²) >= 11 is 0. The van der Waals surface area contributed by atoms with Gasteiger partial charge in [-0.15, -0.1) is 0 Å². The first-order valence-corrected chi connectivity index (χ1v) is 7.31. The third-order valence-corrected chi connectivity index (χ3v) is 3.91. The monoisotopic (exact) mass is 271 g/mol. The fraction of sp³-hybridized carbons (Fsp3) is 0.929. The molecular formula is C14H29N3O2. The first-order valence-electron chi connectivity index (χ1n) is 7.31. The van der Waals surface area contributed by atoms with Crippen molar-refractivity contribution in [1.29, 1.82) is 0 Å². The van der Waals surface area contributed by atoms with Gasteiger partial charge in [-0.05, 0) is 60.4 Å². The molecule has 2 atom stereocenters. The van der Waals surface area contributed by atoms with Crippen LogP contribution in [0, 0.1) is 0 Å². The first kappa shape index (κ1) is 16.4. The van der Waals surface area contributed by atoms with Gasteiger partial charge in [-0.3, -0.25) is 4.79 Å². The van der Waals surface area contributed by atoms with Crippen LogP contribution in [0.25, 0.3) is 0 Å². The van der Waals surface area contributed by atoms with Crippen molar-refractivity contribution in [1.82, 2.24) is 15.1 Å². The van der Waals surface area contributed by atoms with Crippen molar-refractivity contribution < 1.29 is 9.53 Å². The van der Waals surface area contributed by atoms with Gasteiger partial charge in [-0.1, -0.05) is 0 Å². The molecule has 0 saturated carbocycles. The van der Waals surface area contributed by atoms with E-state index < -0.39 is 0 Å². The number of hydrogen-bond acceptors (Lipinski definition) is 5. The lowest BCUT2D eigenvalue weighted by atomic mass is 10.1. The lowest BCUT2D eigenvalue weighted by Gasteiger charge is -2.26. The summed E-state index contributed by atoms with van der Waals surface area (Å²) in [5, 5.41) is 3.03. The van der Waals surface area contributed by atoms with Crippen molar-refractivity contribution in [2.75, 3.05) is 47.4 Å². The molecule has 1 heterocycles. The topological polar surface area (TPSA) is 44.8 Å². The molecule has 112 valence electrons. The van der Waals surface area contributed by atoms with Crippen molar-refractivity contribution >= 4 is 5.97 Å². The second-order valence-electron chi connectivity index (χ2n) is 5.42. The smallest absolute Gasteiger partial charge is 0.323 e. The lowest BCUT2D eigenvalue weighted by Crippen LogP contribution is -2.41. The summed E-state index contributed by atoms with van der Waals surface area (Å²) in [7, 11) is 6.14. The number of nitrogens with zero attached hydrogens (tertiary/aromatic N) is 2. The SMILES string of the molecule is CCOC(=O)C(CCN(C)CC1CCCN1C)NC. The maximum atomic E-state index is 11.7. The Bertz CT molecular complexity index is 273. The Hall–Kier alpha value is -0.650. The number of carbonyl (C=O) groups is 1. The van der Waals surface area contributed by atoms with E-state index in [-0.39, 0.29) is 12.0 Å². The highest BCUT2D eigenvalue weighted by atomic mass is 16.5. The van der Waals surface area contributed by atoms with Crippen LogP contribution >= 0.6 is 0 Å². The van der Waals surface area contributed by atoms with E-state index in [2.05, 4.69) is 29.2 Å². The highest BCUT2D eigenvalue weighted by molar-refractivity contribution is 5.75. The predicted molar refractivity (Wildman–Crippen MR) is 77.2 cm³/mol. The van der Waals surface area contributed by atoms with Crippen LogP contribution in [0.5, 0.6) is 0 Å². The summed E-state index contributed by atoms with van der Waals surface area (Å²) < 4.78 is 5.05. The zero-order valence-corrected chi connectivity index (χ0v) is 12.8. The summed E-state index contributed by atoms with van der Waals surface area (Å²) in [6.45, 7) is 5.48. The summed E-state index contributed by atoms with van der Waals surface area (Å²) in [5.41, 5.74) is 0. The number of rotatable bonds is 8. The second kappa shape index (κ2) is 8.51. The van der Waals surface area contributed by atoms with Crippen LogP contribution in [0.2, 0.25) is 0 Å². The average Bonchev–Trinajstić information content (AvgIpc) is 2.76. The molecule has 2 unspecified atom stereocenters. The molecule has 0 aromatic rings. The van der Waals surface area contributed by atoms with Crippen LogP contribution in [0.1, 0.15) is 26.2 Å². The van der Waals surface area contributed by atoms with Crippen LogP contribution in [-0.4, -0.2) is 75.2 Å². The highest BCUT2D eigenvalue weighted by Crippen LogP contribution is 2.15.